The van der Waals surface area contributed by atoms with E-state index in [0.29, 0.717) is 5.69 Å². The molecule has 0 aliphatic carbocycles. The van der Waals surface area contributed by atoms with E-state index in [9.17, 15) is 18.0 Å². The maximum absolute atomic E-state index is 11.9. The van der Waals surface area contributed by atoms with Crippen molar-refractivity contribution in [3.05, 3.63) is 24.3 Å². The summed E-state index contributed by atoms with van der Waals surface area (Å²) in [6.07, 6.45) is -5.82. The van der Waals surface area contributed by atoms with E-state index in [1.807, 2.05) is 0 Å². The van der Waals surface area contributed by atoms with E-state index >= 15 is 0 Å². The summed E-state index contributed by atoms with van der Waals surface area (Å²) in [6.45, 7) is 0. The van der Waals surface area contributed by atoms with E-state index in [4.69, 9.17) is 11.6 Å². The number of benzene rings is 1. The Morgan fingerprint density at radius 2 is 1.89 bits per heavy atom. The van der Waals surface area contributed by atoms with Gasteiger partial charge < -0.3 is 5.73 Å². The van der Waals surface area contributed by atoms with Gasteiger partial charge in [-0.25, -0.2) is 10.9 Å². The van der Waals surface area contributed by atoms with Crippen molar-refractivity contribution in [1.29, 1.82) is 0 Å². The third-order valence-electron chi connectivity index (χ3n) is 2.32. The number of halogens is 3. The Morgan fingerprint density at radius 1 is 1.28 bits per heavy atom. The molecule has 4 nitrogen and oxygen atoms in total. The zero-order valence-corrected chi connectivity index (χ0v) is 9.57. The number of alkyl halides is 3. The van der Waals surface area contributed by atoms with E-state index in [2.05, 4.69) is 0 Å². The number of hydrogen-bond acceptors (Lipinski definition) is 3. The summed E-state index contributed by atoms with van der Waals surface area (Å²) in [7, 11) is 0. The fourth-order valence-electron chi connectivity index (χ4n) is 1.40. The minimum Gasteiger partial charge on any atom is -0.397 e. The molecule has 0 spiro atoms. The summed E-state index contributed by atoms with van der Waals surface area (Å²) in [5.41, 5.74) is 6.19. The van der Waals surface area contributed by atoms with Crippen LogP contribution in [0, 0.1) is 0 Å². The molecule has 0 saturated heterocycles. The summed E-state index contributed by atoms with van der Waals surface area (Å²) >= 11 is 0. The van der Waals surface area contributed by atoms with Crippen LogP contribution in [0.3, 0.4) is 0 Å². The third kappa shape index (κ3) is 4.25. The SMILES string of the molecule is Nc1ccccc1N(N)C(=O)CCCC(F)(F)F. The standard InChI is InChI=1S/C11H14F3N3O/c12-11(13,14)7-3-6-10(18)17(16)9-5-2-1-4-8(9)15/h1-2,4-5H,3,6-7,15-16H2. The molecule has 0 aliphatic rings. The monoisotopic (exact) mass is 261 g/mol. The minimum absolute atomic E-state index is 0.273. The van der Waals surface area contributed by atoms with Crippen LogP contribution < -0.4 is 16.6 Å². The average Bonchev–Trinajstić information content (AvgIpc) is 2.27. The maximum atomic E-state index is 11.9. The van der Waals surface area contributed by atoms with E-state index in [-0.39, 0.29) is 18.5 Å². The average molecular weight is 261 g/mol. The van der Waals surface area contributed by atoms with Crippen molar-refractivity contribution in [2.75, 3.05) is 10.7 Å². The lowest BCUT2D eigenvalue weighted by atomic mass is 10.2. The van der Waals surface area contributed by atoms with Gasteiger partial charge in [-0.3, -0.25) is 4.79 Å². The van der Waals surface area contributed by atoms with Crippen molar-refractivity contribution >= 4 is 17.3 Å². The van der Waals surface area contributed by atoms with Gasteiger partial charge in [0.15, 0.2) is 0 Å². The molecule has 1 aromatic carbocycles. The summed E-state index contributed by atoms with van der Waals surface area (Å²) in [4.78, 5) is 11.6. The number of nitrogens with two attached hydrogens (primary N) is 2. The lowest BCUT2D eigenvalue weighted by Gasteiger charge is -2.18. The largest absolute Gasteiger partial charge is 0.397 e. The Labute approximate surface area is 102 Å². The van der Waals surface area contributed by atoms with Crippen LogP contribution in [0.25, 0.3) is 0 Å². The number of rotatable bonds is 4. The van der Waals surface area contributed by atoms with Crippen LogP contribution in [-0.2, 0) is 4.79 Å². The Hall–Kier alpha value is -1.76. The number of amides is 1. The summed E-state index contributed by atoms with van der Waals surface area (Å²) < 4.78 is 35.8. The van der Waals surface area contributed by atoms with Gasteiger partial charge in [0.2, 0.25) is 5.91 Å². The van der Waals surface area contributed by atoms with Crippen LogP contribution in [0.5, 0.6) is 0 Å². The molecular formula is C11H14F3N3O. The van der Waals surface area contributed by atoms with Gasteiger partial charge in [-0.15, -0.1) is 0 Å². The molecular weight excluding hydrogens is 247 g/mol. The second kappa shape index (κ2) is 5.72. The fraction of sp³-hybridized carbons (Fsp3) is 0.364. The first-order valence-electron chi connectivity index (χ1n) is 5.30. The Kier molecular flexibility index (Phi) is 4.55. The maximum Gasteiger partial charge on any atom is 0.389 e. The molecule has 1 rings (SSSR count). The fourth-order valence-corrected chi connectivity index (χ4v) is 1.40. The highest BCUT2D eigenvalue weighted by atomic mass is 19.4. The van der Waals surface area contributed by atoms with Gasteiger partial charge in [0.25, 0.3) is 0 Å². The van der Waals surface area contributed by atoms with Crippen molar-refractivity contribution in [2.45, 2.75) is 25.4 Å². The van der Waals surface area contributed by atoms with Crippen LogP contribution in [0.1, 0.15) is 19.3 Å². The Balaban J connectivity index is 2.55. The number of carbonyl (C=O) groups excluding carboxylic acids is 1. The van der Waals surface area contributed by atoms with Crippen molar-refractivity contribution in [3.8, 4) is 0 Å². The van der Waals surface area contributed by atoms with Gasteiger partial charge in [-0.05, 0) is 18.6 Å². The molecule has 0 unspecified atom stereocenters. The minimum atomic E-state index is -4.26. The van der Waals surface area contributed by atoms with Crippen LogP contribution in [-0.4, -0.2) is 12.1 Å². The molecule has 4 N–H and O–H groups in total. The molecule has 0 aliphatic heterocycles. The molecule has 0 fully saturated rings. The molecule has 18 heavy (non-hydrogen) atoms. The molecule has 0 atom stereocenters. The molecule has 0 bridgehead atoms. The van der Waals surface area contributed by atoms with Crippen molar-refractivity contribution in [2.24, 2.45) is 5.84 Å². The normalized spacial score (nSPS) is 11.3. The van der Waals surface area contributed by atoms with Crippen LogP contribution >= 0.6 is 0 Å². The van der Waals surface area contributed by atoms with Crippen molar-refractivity contribution in [3.63, 3.8) is 0 Å². The molecule has 0 aromatic heterocycles. The third-order valence-corrected chi connectivity index (χ3v) is 2.32. The van der Waals surface area contributed by atoms with Crippen LogP contribution in [0.4, 0.5) is 24.5 Å². The number of anilines is 2. The number of carbonyl (C=O) groups is 1. The van der Waals surface area contributed by atoms with E-state index in [0.717, 1.165) is 5.01 Å². The number of para-hydroxylation sites is 2. The summed E-state index contributed by atoms with van der Waals surface area (Å²) in [6, 6.07) is 6.38. The first-order valence-corrected chi connectivity index (χ1v) is 5.30. The predicted molar refractivity (Wildman–Crippen MR) is 62.4 cm³/mol. The second-order valence-corrected chi connectivity index (χ2v) is 3.79. The molecule has 0 heterocycles. The highest BCUT2D eigenvalue weighted by Gasteiger charge is 2.27. The highest BCUT2D eigenvalue weighted by Crippen LogP contribution is 2.24. The van der Waals surface area contributed by atoms with Gasteiger partial charge in [0.1, 0.15) is 0 Å². The van der Waals surface area contributed by atoms with Gasteiger partial charge >= 0.3 is 6.18 Å². The molecule has 100 valence electrons. The number of hydrazine groups is 1. The molecule has 0 saturated carbocycles. The molecule has 1 aromatic rings. The van der Waals surface area contributed by atoms with Gasteiger partial charge in [0.05, 0.1) is 11.4 Å². The molecule has 7 heteroatoms. The topological polar surface area (TPSA) is 72.3 Å². The lowest BCUT2D eigenvalue weighted by Crippen LogP contribution is -2.37. The lowest BCUT2D eigenvalue weighted by molar-refractivity contribution is -0.137. The van der Waals surface area contributed by atoms with Crippen molar-refractivity contribution in [1.82, 2.24) is 0 Å². The molecule has 1 amide bonds. The smallest absolute Gasteiger partial charge is 0.389 e. The Morgan fingerprint density at radius 3 is 2.44 bits per heavy atom. The van der Waals surface area contributed by atoms with E-state index in [1.165, 1.54) is 6.07 Å². The van der Waals surface area contributed by atoms with Crippen LogP contribution in [0.15, 0.2) is 24.3 Å². The second-order valence-electron chi connectivity index (χ2n) is 3.79. The summed E-state index contributed by atoms with van der Waals surface area (Å²) in [5, 5.41) is 0.783. The number of hydrogen-bond donors (Lipinski definition) is 2. The highest BCUT2D eigenvalue weighted by molar-refractivity contribution is 5.95. The quantitative estimate of drug-likeness (QED) is 0.378. The zero-order chi connectivity index (χ0) is 13.8. The molecule has 0 radical (unpaired) electrons. The van der Waals surface area contributed by atoms with Gasteiger partial charge in [0, 0.05) is 12.8 Å². The number of nitrogen functional groups attached to an aromatic ring is 1. The van der Waals surface area contributed by atoms with E-state index in [1.54, 1.807) is 18.2 Å². The summed E-state index contributed by atoms with van der Waals surface area (Å²) in [5.74, 6) is 4.91. The van der Waals surface area contributed by atoms with Crippen LogP contribution in [0.2, 0.25) is 0 Å². The van der Waals surface area contributed by atoms with Gasteiger partial charge in [-0.2, -0.15) is 13.2 Å². The van der Waals surface area contributed by atoms with Crippen molar-refractivity contribution < 1.29 is 18.0 Å². The number of nitrogens with zero attached hydrogens (tertiary/aromatic N) is 1. The first-order chi connectivity index (χ1) is 8.31. The first kappa shape index (κ1) is 14.3. The Bertz CT molecular complexity index is 420. The predicted octanol–water partition coefficient (Wildman–Crippen LogP) is 2.21. The van der Waals surface area contributed by atoms with E-state index < -0.39 is 18.5 Å². The zero-order valence-electron chi connectivity index (χ0n) is 9.57. The van der Waals surface area contributed by atoms with Gasteiger partial charge in [-0.1, -0.05) is 12.1 Å².